The van der Waals surface area contributed by atoms with Crippen LogP contribution in [-0.2, 0) is 12.8 Å². The molecule has 0 radical (unpaired) electrons. The fraction of sp³-hybridized carbons (Fsp3) is 0.150. The molecule has 2 aromatic carbocycles. The van der Waals surface area contributed by atoms with E-state index in [2.05, 4.69) is 0 Å². The summed E-state index contributed by atoms with van der Waals surface area (Å²) >= 11 is 0. The molecule has 1 aromatic heterocycles. The van der Waals surface area contributed by atoms with Gasteiger partial charge in [-0.1, -0.05) is 0 Å². The molecule has 3 rings (SSSR count). The molecule has 0 atom stereocenters. The fourth-order valence-corrected chi connectivity index (χ4v) is 2.48. The zero-order valence-electron chi connectivity index (χ0n) is 14.7. The van der Waals surface area contributed by atoms with Crippen LogP contribution in [0.3, 0.4) is 0 Å². The van der Waals surface area contributed by atoms with Crippen LogP contribution < -0.4 is 15.0 Å². The normalized spacial score (nSPS) is 11.3. The number of nitrogens with zero attached hydrogens (tertiary/aromatic N) is 1. The molecular weight excluding hydrogens is 375 g/mol. The van der Waals surface area contributed by atoms with Crippen molar-refractivity contribution in [3.8, 4) is 17.2 Å². The van der Waals surface area contributed by atoms with Crippen molar-refractivity contribution in [1.29, 1.82) is 0 Å². The van der Waals surface area contributed by atoms with Crippen LogP contribution in [0.25, 0.3) is 0 Å². The Hall–Kier alpha value is -3.42. The van der Waals surface area contributed by atoms with Crippen molar-refractivity contribution < 1.29 is 27.9 Å². The van der Waals surface area contributed by atoms with E-state index in [1.54, 1.807) is 37.3 Å². The lowest BCUT2D eigenvalue weighted by molar-refractivity contribution is -0.137. The molecular formula is C20H16F3NO4. The van der Waals surface area contributed by atoms with Gasteiger partial charge in [-0.15, -0.1) is 4.73 Å². The Morgan fingerprint density at radius 1 is 0.929 bits per heavy atom. The van der Waals surface area contributed by atoms with Crippen LogP contribution in [0.5, 0.6) is 17.2 Å². The van der Waals surface area contributed by atoms with Crippen LogP contribution in [0.15, 0.2) is 65.5 Å². The van der Waals surface area contributed by atoms with Gasteiger partial charge in [-0.2, -0.15) is 13.2 Å². The van der Waals surface area contributed by atoms with Gasteiger partial charge >= 0.3 is 6.18 Å². The van der Waals surface area contributed by atoms with Crippen LogP contribution in [-0.4, -0.2) is 9.94 Å². The molecule has 0 aliphatic heterocycles. The Kier molecular flexibility index (Phi) is 5.30. The van der Waals surface area contributed by atoms with Gasteiger partial charge in [0.2, 0.25) is 0 Å². The van der Waals surface area contributed by atoms with Crippen molar-refractivity contribution in [3.05, 3.63) is 87.8 Å². The second-order valence-electron chi connectivity index (χ2n) is 6.06. The van der Waals surface area contributed by atoms with E-state index >= 15 is 0 Å². The van der Waals surface area contributed by atoms with E-state index in [9.17, 15) is 23.2 Å². The first-order valence-corrected chi connectivity index (χ1v) is 8.22. The number of aromatic nitrogens is 1. The molecule has 0 unspecified atom stereocenters. The zero-order valence-corrected chi connectivity index (χ0v) is 14.7. The molecule has 0 spiro atoms. The maximum Gasteiger partial charge on any atom is 0.416 e. The summed E-state index contributed by atoms with van der Waals surface area (Å²) in [6.07, 6.45) is -4.39. The molecule has 0 bridgehead atoms. The van der Waals surface area contributed by atoms with E-state index in [-0.39, 0.29) is 12.4 Å². The largest absolute Gasteiger partial charge is 0.487 e. The minimum absolute atomic E-state index is 0.0213. The van der Waals surface area contributed by atoms with E-state index in [1.807, 2.05) is 0 Å². The molecule has 5 nitrogen and oxygen atoms in total. The molecule has 28 heavy (non-hydrogen) atoms. The molecule has 0 amide bonds. The number of benzene rings is 2. The van der Waals surface area contributed by atoms with Gasteiger partial charge in [0.05, 0.1) is 11.3 Å². The molecule has 0 saturated heterocycles. The number of hydrogen-bond acceptors (Lipinski definition) is 4. The molecule has 8 heteroatoms. The van der Waals surface area contributed by atoms with Crippen LogP contribution >= 0.6 is 0 Å². The number of alkyl halides is 3. The topological polar surface area (TPSA) is 60.7 Å². The van der Waals surface area contributed by atoms with Gasteiger partial charge in [0.25, 0.3) is 5.56 Å². The Balaban J connectivity index is 1.63. The van der Waals surface area contributed by atoms with E-state index < -0.39 is 17.3 Å². The lowest BCUT2D eigenvalue weighted by Gasteiger charge is -2.11. The lowest BCUT2D eigenvalue weighted by Crippen LogP contribution is -2.21. The van der Waals surface area contributed by atoms with Crippen LogP contribution in [0.1, 0.15) is 16.8 Å². The van der Waals surface area contributed by atoms with Gasteiger partial charge in [-0.05, 0) is 67.1 Å². The summed E-state index contributed by atoms with van der Waals surface area (Å²) in [5.74, 6) is 1.15. The van der Waals surface area contributed by atoms with E-state index in [1.165, 1.54) is 18.2 Å². The Bertz CT molecular complexity index is 1010. The summed E-state index contributed by atoms with van der Waals surface area (Å²) in [7, 11) is 0. The number of halogens is 3. The monoisotopic (exact) mass is 391 g/mol. The third-order valence-corrected chi connectivity index (χ3v) is 3.85. The van der Waals surface area contributed by atoms with Crippen molar-refractivity contribution in [3.63, 3.8) is 0 Å². The van der Waals surface area contributed by atoms with Crippen molar-refractivity contribution in [2.24, 2.45) is 0 Å². The number of pyridine rings is 1. The third kappa shape index (κ3) is 4.64. The molecule has 0 saturated carbocycles. The number of hydrogen-bond donors (Lipinski definition) is 1. The molecule has 0 aliphatic rings. The molecule has 1 heterocycles. The van der Waals surface area contributed by atoms with Crippen LogP contribution in [0, 0.1) is 6.92 Å². The van der Waals surface area contributed by atoms with Gasteiger partial charge in [-0.3, -0.25) is 4.79 Å². The summed E-state index contributed by atoms with van der Waals surface area (Å²) in [4.78, 5) is 11.5. The van der Waals surface area contributed by atoms with E-state index in [0.717, 1.165) is 12.1 Å². The van der Waals surface area contributed by atoms with Gasteiger partial charge in [0.15, 0.2) is 0 Å². The summed E-state index contributed by atoms with van der Waals surface area (Å²) in [5, 5.41) is 9.71. The van der Waals surface area contributed by atoms with Crippen molar-refractivity contribution in [1.82, 2.24) is 4.73 Å². The fourth-order valence-electron chi connectivity index (χ4n) is 2.48. The SMILES string of the molecule is Cc1cc(COc2ccc(Oc3ccc(C(F)(F)F)cc3)cc2)n(O)c(=O)c1. The highest BCUT2D eigenvalue weighted by Gasteiger charge is 2.30. The minimum atomic E-state index is -4.39. The summed E-state index contributed by atoms with van der Waals surface area (Å²) in [6, 6.07) is 13.7. The smallest absolute Gasteiger partial charge is 0.416 e. The van der Waals surface area contributed by atoms with Gasteiger partial charge in [-0.25, -0.2) is 0 Å². The number of rotatable bonds is 5. The highest BCUT2D eigenvalue weighted by molar-refractivity contribution is 5.36. The van der Waals surface area contributed by atoms with E-state index in [0.29, 0.717) is 27.5 Å². The highest BCUT2D eigenvalue weighted by Crippen LogP contribution is 2.31. The Morgan fingerprint density at radius 3 is 2.04 bits per heavy atom. The number of aryl methyl sites for hydroxylation is 1. The molecule has 0 aliphatic carbocycles. The Morgan fingerprint density at radius 2 is 1.46 bits per heavy atom. The zero-order chi connectivity index (χ0) is 20.3. The van der Waals surface area contributed by atoms with Crippen molar-refractivity contribution >= 4 is 0 Å². The van der Waals surface area contributed by atoms with Gasteiger partial charge in [0, 0.05) is 6.07 Å². The number of ether oxygens (including phenoxy) is 2. The van der Waals surface area contributed by atoms with Crippen molar-refractivity contribution in [2.75, 3.05) is 0 Å². The second kappa shape index (κ2) is 7.67. The first-order valence-electron chi connectivity index (χ1n) is 8.22. The first kappa shape index (κ1) is 19.3. The molecule has 3 aromatic rings. The predicted octanol–water partition coefficient (Wildman–Crippen LogP) is 4.78. The average Bonchev–Trinajstić information content (AvgIpc) is 2.64. The molecule has 1 N–H and O–H groups in total. The first-order chi connectivity index (χ1) is 13.2. The summed E-state index contributed by atoms with van der Waals surface area (Å²) < 4.78 is 49.3. The highest BCUT2D eigenvalue weighted by atomic mass is 19.4. The quantitative estimate of drug-likeness (QED) is 0.636. The summed E-state index contributed by atoms with van der Waals surface area (Å²) in [6.45, 7) is 1.71. The summed E-state index contributed by atoms with van der Waals surface area (Å²) in [5.41, 5.74) is -0.287. The maximum absolute atomic E-state index is 12.6. The maximum atomic E-state index is 12.6. The average molecular weight is 391 g/mol. The standard InChI is InChI=1S/C20H16F3NO4/c1-13-10-15(24(26)19(25)11-13)12-27-16-6-8-18(9-7-16)28-17-4-2-14(3-5-17)20(21,22)23/h2-11,26H,12H2,1H3. The van der Waals surface area contributed by atoms with E-state index in [4.69, 9.17) is 9.47 Å². The van der Waals surface area contributed by atoms with Gasteiger partial charge in [0.1, 0.15) is 23.9 Å². The van der Waals surface area contributed by atoms with Crippen molar-refractivity contribution in [2.45, 2.75) is 19.7 Å². The Labute approximate surface area is 158 Å². The van der Waals surface area contributed by atoms with Gasteiger partial charge < -0.3 is 14.7 Å². The molecule has 146 valence electrons. The van der Waals surface area contributed by atoms with Crippen LogP contribution in [0.4, 0.5) is 13.2 Å². The lowest BCUT2D eigenvalue weighted by atomic mass is 10.2. The minimum Gasteiger partial charge on any atom is -0.487 e. The predicted molar refractivity (Wildman–Crippen MR) is 94.9 cm³/mol. The van der Waals surface area contributed by atoms with Crippen LogP contribution in [0.2, 0.25) is 0 Å². The third-order valence-electron chi connectivity index (χ3n) is 3.85. The second-order valence-corrected chi connectivity index (χ2v) is 6.06. The molecule has 0 fully saturated rings.